The molecule has 0 bridgehead atoms. The first-order chi connectivity index (χ1) is 11.1. The number of ether oxygens (including phenoxy) is 3. The quantitative estimate of drug-likeness (QED) is 0.641. The highest BCUT2D eigenvalue weighted by atomic mass is 16.7. The van der Waals surface area contributed by atoms with Crippen molar-refractivity contribution in [3.05, 3.63) is 59.2 Å². The lowest BCUT2D eigenvalue weighted by Crippen LogP contribution is -2.16. The van der Waals surface area contributed by atoms with Gasteiger partial charge in [-0.1, -0.05) is 18.2 Å². The Bertz CT molecular complexity index is 764. The molecule has 23 heavy (non-hydrogen) atoms. The topological polar surface area (TPSA) is 61.8 Å². The largest absolute Gasteiger partial charge is 0.459 e. The second-order valence-corrected chi connectivity index (χ2v) is 5.40. The zero-order valence-corrected chi connectivity index (χ0v) is 12.9. The number of esters is 1. The van der Waals surface area contributed by atoms with Crippen molar-refractivity contribution in [1.82, 2.24) is 0 Å². The molecule has 1 heterocycles. The third-order valence-corrected chi connectivity index (χ3v) is 3.37. The molecule has 0 N–H and O–H groups in total. The van der Waals surface area contributed by atoms with Gasteiger partial charge >= 0.3 is 5.97 Å². The molecule has 0 aromatic heterocycles. The summed E-state index contributed by atoms with van der Waals surface area (Å²) in [5.41, 5.74) is 0.986. The average molecular weight is 312 g/mol. The second-order valence-electron chi connectivity index (χ2n) is 5.40. The Morgan fingerprint density at radius 3 is 2.43 bits per heavy atom. The van der Waals surface area contributed by atoms with Crippen LogP contribution in [0.5, 0.6) is 11.5 Å². The van der Waals surface area contributed by atoms with Crippen molar-refractivity contribution in [2.45, 2.75) is 20.0 Å². The van der Waals surface area contributed by atoms with Crippen LogP contribution in [0.2, 0.25) is 0 Å². The van der Waals surface area contributed by atoms with Crippen LogP contribution in [0.15, 0.2) is 42.5 Å². The molecule has 0 unspecified atom stereocenters. The van der Waals surface area contributed by atoms with Gasteiger partial charge in [-0.3, -0.25) is 4.79 Å². The molecule has 2 aromatic carbocycles. The Hall–Kier alpha value is -2.82. The number of hydrogen-bond donors (Lipinski definition) is 0. The van der Waals surface area contributed by atoms with Crippen molar-refractivity contribution in [2.75, 3.05) is 6.79 Å². The second kappa shape index (κ2) is 6.12. The number of carbonyl (C=O) groups excluding carboxylic acids is 2. The summed E-state index contributed by atoms with van der Waals surface area (Å²) in [7, 11) is 0. The van der Waals surface area contributed by atoms with E-state index in [9.17, 15) is 9.59 Å². The number of rotatable bonds is 4. The van der Waals surface area contributed by atoms with Crippen molar-refractivity contribution in [1.29, 1.82) is 0 Å². The maximum absolute atomic E-state index is 12.8. The van der Waals surface area contributed by atoms with Crippen LogP contribution in [0.3, 0.4) is 0 Å². The summed E-state index contributed by atoms with van der Waals surface area (Å²) in [6.45, 7) is 3.67. The van der Waals surface area contributed by atoms with Gasteiger partial charge in [-0.2, -0.15) is 0 Å². The lowest BCUT2D eigenvalue weighted by atomic mass is 9.98. The molecule has 0 saturated carbocycles. The van der Waals surface area contributed by atoms with Gasteiger partial charge in [-0.15, -0.1) is 0 Å². The molecule has 5 nitrogen and oxygen atoms in total. The minimum Gasteiger partial charge on any atom is -0.459 e. The van der Waals surface area contributed by atoms with Gasteiger partial charge in [0.1, 0.15) is 0 Å². The SMILES string of the molecule is CC(C)OC(=O)c1ccccc1C(=O)c1ccc2c(c1)OCO2. The van der Waals surface area contributed by atoms with Gasteiger partial charge in [0, 0.05) is 11.1 Å². The minimum absolute atomic E-state index is 0.143. The average Bonchev–Trinajstić information content (AvgIpc) is 3.01. The van der Waals surface area contributed by atoms with Crippen molar-refractivity contribution in [2.24, 2.45) is 0 Å². The first kappa shape index (κ1) is 15.1. The number of hydrogen-bond acceptors (Lipinski definition) is 5. The van der Waals surface area contributed by atoms with Crippen molar-refractivity contribution >= 4 is 11.8 Å². The van der Waals surface area contributed by atoms with Crippen LogP contribution in [-0.2, 0) is 4.74 Å². The van der Waals surface area contributed by atoms with E-state index in [0.717, 1.165) is 0 Å². The van der Waals surface area contributed by atoms with Crippen LogP contribution in [-0.4, -0.2) is 24.6 Å². The van der Waals surface area contributed by atoms with E-state index < -0.39 is 5.97 Å². The predicted molar refractivity (Wildman–Crippen MR) is 83.0 cm³/mol. The molecule has 0 aliphatic carbocycles. The van der Waals surface area contributed by atoms with E-state index in [4.69, 9.17) is 14.2 Å². The van der Waals surface area contributed by atoms with Crippen LogP contribution >= 0.6 is 0 Å². The lowest BCUT2D eigenvalue weighted by Gasteiger charge is -2.11. The summed E-state index contributed by atoms with van der Waals surface area (Å²) in [5, 5.41) is 0. The summed E-state index contributed by atoms with van der Waals surface area (Å²) in [6, 6.07) is 11.6. The van der Waals surface area contributed by atoms with E-state index in [1.807, 2.05) is 0 Å². The normalized spacial score (nSPS) is 12.3. The molecule has 0 fully saturated rings. The van der Waals surface area contributed by atoms with Gasteiger partial charge < -0.3 is 14.2 Å². The van der Waals surface area contributed by atoms with Crippen LogP contribution in [0.1, 0.15) is 40.1 Å². The minimum atomic E-state index is -0.510. The Labute approximate surface area is 133 Å². The van der Waals surface area contributed by atoms with E-state index >= 15 is 0 Å². The number of benzene rings is 2. The van der Waals surface area contributed by atoms with Crippen LogP contribution in [0.25, 0.3) is 0 Å². The lowest BCUT2D eigenvalue weighted by molar-refractivity contribution is 0.0375. The predicted octanol–water partition coefficient (Wildman–Crippen LogP) is 3.21. The molecule has 118 valence electrons. The Morgan fingerprint density at radius 1 is 1.00 bits per heavy atom. The number of carbonyl (C=O) groups is 2. The summed E-state index contributed by atoms with van der Waals surface area (Å²) in [6.07, 6.45) is -0.254. The zero-order valence-electron chi connectivity index (χ0n) is 12.9. The van der Waals surface area contributed by atoms with Gasteiger partial charge in [0.2, 0.25) is 6.79 Å². The van der Waals surface area contributed by atoms with E-state index in [0.29, 0.717) is 22.6 Å². The highest BCUT2D eigenvalue weighted by Crippen LogP contribution is 2.33. The van der Waals surface area contributed by atoms with Gasteiger partial charge in [0.25, 0.3) is 0 Å². The summed E-state index contributed by atoms with van der Waals surface area (Å²) in [5.74, 6) is 0.358. The monoisotopic (exact) mass is 312 g/mol. The smallest absolute Gasteiger partial charge is 0.339 e. The first-order valence-corrected chi connectivity index (χ1v) is 7.30. The van der Waals surface area contributed by atoms with Crippen LogP contribution in [0.4, 0.5) is 0 Å². The molecule has 1 aliphatic rings. The summed E-state index contributed by atoms with van der Waals surface area (Å²) in [4.78, 5) is 24.9. The fraction of sp³-hybridized carbons (Fsp3) is 0.222. The van der Waals surface area contributed by atoms with Gasteiger partial charge in [-0.05, 0) is 38.1 Å². The molecular weight excluding hydrogens is 296 g/mol. The zero-order chi connectivity index (χ0) is 16.4. The van der Waals surface area contributed by atoms with E-state index in [1.165, 1.54) is 0 Å². The van der Waals surface area contributed by atoms with E-state index in [1.54, 1.807) is 56.3 Å². The number of ketones is 1. The summed E-state index contributed by atoms with van der Waals surface area (Å²) < 4.78 is 15.7. The highest BCUT2D eigenvalue weighted by molar-refractivity contribution is 6.14. The number of fused-ring (bicyclic) bond motifs is 1. The Morgan fingerprint density at radius 2 is 1.70 bits per heavy atom. The van der Waals surface area contributed by atoms with Crippen LogP contribution < -0.4 is 9.47 Å². The highest BCUT2D eigenvalue weighted by Gasteiger charge is 2.22. The Kier molecular flexibility index (Phi) is 4.02. The molecule has 3 rings (SSSR count). The molecule has 0 amide bonds. The van der Waals surface area contributed by atoms with Crippen molar-refractivity contribution in [3.8, 4) is 11.5 Å². The Balaban J connectivity index is 1.95. The first-order valence-electron chi connectivity index (χ1n) is 7.30. The fourth-order valence-corrected chi connectivity index (χ4v) is 2.33. The molecule has 2 aromatic rings. The molecule has 0 atom stereocenters. The van der Waals surface area contributed by atoms with E-state index in [-0.39, 0.29) is 24.2 Å². The molecule has 5 heteroatoms. The standard InChI is InChI=1S/C18H16O5/c1-11(2)23-18(20)14-6-4-3-5-13(14)17(19)12-7-8-15-16(9-12)22-10-21-15/h3-9,11H,10H2,1-2H3. The third kappa shape index (κ3) is 3.04. The maximum Gasteiger partial charge on any atom is 0.339 e. The van der Waals surface area contributed by atoms with Crippen molar-refractivity contribution in [3.63, 3.8) is 0 Å². The van der Waals surface area contributed by atoms with E-state index in [2.05, 4.69) is 0 Å². The molecule has 0 saturated heterocycles. The van der Waals surface area contributed by atoms with Crippen molar-refractivity contribution < 1.29 is 23.8 Å². The maximum atomic E-state index is 12.8. The van der Waals surface area contributed by atoms with Crippen LogP contribution in [0, 0.1) is 0 Å². The molecule has 0 spiro atoms. The third-order valence-electron chi connectivity index (χ3n) is 3.37. The van der Waals surface area contributed by atoms with Gasteiger partial charge in [-0.25, -0.2) is 4.79 Å². The molecule has 1 aliphatic heterocycles. The van der Waals surface area contributed by atoms with Gasteiger partial charge in [0.05, 0.1) is 11.7 Å². The van der Waals surface area contributed by atoms with Gasteiger partial charge in [0.15, 0.2) is 17.3 Å². The molecule has 0 radical (unpaired) electrons. The molecular formula is C18H16O5. The fourth-order valence-electron chi connectivity index (χ4n) is 2.33. The summed E-state index contributed by atoms with van der Waals surface area (Å²) >= 11 is 0.